The fourth-order valence-electron chi connectivity index (χ4n) is 7.10. The Bertz CT molecular complexity index is 3040. The van der Waals surface area contributed by atoms with Crippen molar-refractivity contribution in [3.05, 3.63) is 242 Å². The maximum Gasteiger partial charge on any atom is 0.413 e. The van der Waals surface area contributed by atoms with Crippen LogP contribution in [0.4, 0.5) is 0 Å². The van der Waals surface area contributed by atoms with Gasteiger partial charge in [0.15, 0.2) is 0 Å². The van der Waals surface area contributed by atoms with Gasteiger partial charge >= 0.3 is 19.9 Å². The van der Waals surface area contributed by atoms with Gasteiger partial charge in [0.2, 0.25) is 0 Å². The van der Waals surface area contributed by atoms with Gasteiger partial charge in [0, 0.05) is 76.3 Å². The molecule has 0 atom stereocenters. The van der Waals surface area contributed by atoms with Crippen LogP contribution >= 0.6 is 27.0 Å². The van der Waals surface area contributed by atoms with Crippen LogP contribution < -0.4 is 43.6 Å². The van der Waals surface area contributed by atoms with Gasteiger partial charge in [0.1, 0.15) is 34.5 Å². The molecule has 0 heterocycles. The van der Waals surface area contributed by atoms with E-state index in [1.54, 1.807) is 41.1 Å². The molecule has 8 aromatic carbocycles. The summed E-state index contributed by atoms with van der Waals surface area (Å²) in [6.45, 7) is -9.58. The van der Waals surface area contributed by atoms with E-state index in [2.05, 4.69) is 24.3 Å². The predicted octanol–water partition coefficient (Wildman–Crippen LogP) is 13.3. The summed E-state index contributed by atoms with van der Waals surface area (Å²) in [6, 6.07) is 72.4. The summed E-state index contributed by atoms with van der Waals surface area (Å²) in [5.74, 6) is 9.50. The van der Waals surface area contributed by atoms with E-state index in [9.17, 15) is 0 Å². The summed E-state index contributed by atoms with van der Waals surface area (Å²) >= 11 is 18.7. The Morgan fingerprint density at radius 2 is 0.680 bits per heavy atom. The summed E-state index contributed by atoms with van der Waals surface area (Å²) in [5, 5.41) is 13.1. The predicted molar refractivity (Wildman–Crippen MR) is 319 cm³/mol. The summed E-state index contributed by atoms with van der Waals surface area (Å²) in [5.41, 5.74) is 1.50. The molecule has 0 amide bonds. The van der Waals surface area contributed by atoms with Crippen LogP contribution in [0.2, 0.25) is 0 Å². The van der Waals surface area contributed by atoms with Crippen molar-refractivity contribution in [1.29, 1.82) is 0 Å². The first-order chi connectivity index (χ1) is 36.3. The van der Waals surface area contributed by atoms with Gasteiger partial charge in [0.05, 0.1) is 12.4 Å². The summed E-state index contributed by atoms with van der Waals surface area (Å²) in [4.78, 5) is 0. The lowest BCUT2D eigenvalue weighted by atomic mass is 10.2. The maximum atomic E-state index is 6.87. The monoisotopic (exact) mass is 1130 g/mol. The summed E-state index contributed by atoms with van der Waals surface area (Å²) in [6.07, 6.45) is 3.93. The molecule has 0 bridgehead atoms. The molecule has 384 valence electrons. The highest BCUT2D eigenvalue weighted by atomic mass is 32.5. The maximum absolute atomic E-state index is 6.87. The van der Waals surface area contributed by atoms with Crippen LogP contribution in [0.3, 0.4) is 0 Å². The van der Waals surface area contributed by atoms with Crippen LogP contribution in [0.15, 0.2) is 245 Å². The largest absolute Gasteiger partial charge is 0.420 e. The number of hydrogen-bond acceptors (Lipinski definition) is 13. The second kappa shape index (κ2) is 25.9. The van der Waals surface area contributed by atoms with Crippen LogP contribution in [-0.2, 0) is 35.4 Å². The van der Waals surface area contributed by atoms with Crippen molar-refractivity contribution in [3.8, 4) is 34.5 Å². The third-order valence-electron chi connectivity index (χ3n) is 10.9. The van der Waals surface area contributed by atoms with Gasteiger partial charge in [-0.1, -0.05) is 133 Å². The molecule has 13 nitrogen and oxygen atoms in total. The zero-order valence-corrected chi connectivity index (χ0v) is 47.3. The van der Waals surface area contributed by atoms with E-state index in [0.717, 1.165) is 21.7 Å². The number of hydrazine groups is 1. The number of nitrogens with zero attached hydrogens (tertiary/aromatic N) is 6. The molecule has 0 aromatic heterocycles. The highest BCUT2D eigenvalue weighted by Gasteiger charge is 2.34. The lowest BCUT2D eigenvalue weighted by Crippen LogP contribution is -2.32. The Kier molecular flexibility index (Phi) is 18.9. The zero-order valence-electron chi connectivity index (χ0n) is 41.2. The minimum Gasteiger partial charge on any atom is -0.420 e. The average Bonchev–Trinajstić information content (AvgIpc) is 3.43. The van der Waals surface area contributed by atoms with E-state index in [1.165, 1.54) is 0 Å². The zero-order chi connectivity index (χ0) is 52.6. The lowest BCUT2D eigenvalue weighted by Gasteiger charge is -2.30. The van der Waals surface area contributed by atoms with E-state index in [1.807, 2.05) is 213 Å². The van der Waals surface area contributed by atoms with E-state index in [4.69, 9.17) is 83.1 Å². The van der Waals surface area contributed by atoms with Gasteiger partial charge in [-0.2, -0.15) is 14.7 Å². The minimum absolute atomic E-state index is 0.450. The number of para-hydroxylation sites is 4. The molecular formula is C55H55N7O6P4S3. The normalized spacial score (nSPS) is 12.0. The third-order valence-corrected chi connectivity index (χ3v) is 23.9. The molecule has 0 aliphatic heterocycles. The summed E-state index contributed by atoms with van der Waals surface area (Å²) in [7, 11) is 2.55. The van der Waals surface area contributed by atoms with Gasteiger partial charge in [0.25, 0.3) is 0 Å². The molecule has 0 saturated carbocycles. The standard InChI is InChI=1S/C55H55N7O6P4S3/c1-60(56)42-43-69(54-30-18-8-19-31-54,55-32-20-9-21-33-55)59-70(73,63-52-38-34-46(35-39-52)44-57-61(2)71(74,65-48-22-10-4-11-23-48)66-49-24-12-5-13-25-49)64-53-40-36-47(37-41-53)45-58-62(3)72(75,67-50-26-14-6-15-27-50)68-51-28-16-7-17-29-51/h4-41,44-45H,42-43,56H2,1-3H3/b57-44+,58-45+. The quantitative estimate of drug-likeness (QED) is 0.0267. The molecule has 75 heavy (non-hydrogen) atoms. The fourth-order valence-corrected chi connectivity index (χ4v) is 19.0. The Morgan fingerprint density at radius 3 is 0.973 bits per heavy atom. The Balaban J connectivity index is 1.10. The van der Waals surface area contributed by atoms with Crippen LogP contribution in [0.5, 0.6) is 34.5 Å². The molecule has 0 aliphatic carbocycles. The van der Waals surface area contributed by atoms with Crippen molar-refractivity contribution in [2.45, 2.75) is 0 Å². The highest BCUT2D eigenvalue weighted by Crippen LogP contribution is 2.62. The van der Waals surface area contributed by atoms with Crippen molar-refractivity contribution in [2.24, 2.45) is 20.6 Å². The molecule has 0 fully saturated rings. The Morgan fingerprint density at radius 1 is 0.400 bits per heavy atom. The highest BCUT2D eigenvalue weighted by molar-refractivity contribution is 8.11. The van der Waals surface area contributed by atoms with Crippen LogP contribution in [-0.4, -0.2) is 60.8 Å². The molecular weight excluding hydrogens is 1070 g/mol. The van der Waals surface area contributed by atoms with Crippen LogP contribution in [0.25, 0.3) is 0 Å². The van der Waals surface area contributed by atoms with E-state index >= 15 is 0 Å². The molecule has 0 unspecified atom stereocenters. The van der Waals surface area contributed by atoms with E-state index in [0.29, 0.717) is 47.2 Å². The van der Waals surface area contributed by atoms with Crippen molar-refractivity contribution in [3.63, 3.8) is 0 Å². The van der Waals surface area contributed by atoms with Crippen molar-refractivity contribution < 1.29 is 27.1 Å². The van der Waals surface area contributed by atoms with Crippen LogP contribution in [0, 0.1) is 0 Å². The second-order valence-corrected chi connectivity index (χ2v) is 29.5. The van der Waals surface area contributed by atoms with Crippen molar-refractivity contribution in [2.75, 3.05) is 33.8 Å². The van der Waals surface area contributed by atoms with Crippen molar-refractivity contribution in [1.82, 2.24) is 14.6 Å². The van der Waals surface area contributed by atoms with Gasteiger partial charge < -0.3 is 27.1 Å². The Hall–Kier alpha value is -6.40. The number of nitrogens with two attached hydrogens (primary N) is 1. The topological polar surface area (TPSA) is 128 Å². The molecule has 8 aromatic rings. The lowest BCUT2D eigenvalue weighted by molar-refractivity contribution is 0.372. The Labute approximate surface area is 454 Å². The third kappa shape index (κ3) is 15.4. The molecule has 0 radical (unpaired) electrons. The van der Waals surface area contributed by atoms with Crippen LogP contribution in [0.1, 0.15) is 11.1 Å². The number of hydrogen-bond donors (Lipinski definition) is 1. The second-order valence-electron chi connectivity index (χ2n) is 16.5. The van der Waals surface area contributed by atoms with Gasteiger partial charge in [-0.25, -0.2) is 14.6 Å². The number of hydrazone groups is 2. The number of rotatable bonds is 24. The molecule has 20 heteroatoms. The first kappa shape index (κ1) is 54.8. The molecule has 0 saturated heterocycles. The van der Waals surface area contributed by atoms with Gasteiger partial charge in [-0.3, -0.25) is 5.84 Å². The van der Waals surface area contributed by atoms with Crippen molar-refractivity contribution >= 4 is 85.4 Å². The first-order valence-corrected chi connectivity index (χ1v) is 33.1. The minimum atomic E-state index is -3.67. The van der Waals surface area contributed by atoms with Gasteiger partial charge in [-0.05, 0) is 119 Å². The fraction of sp³-hybridized carbons (Fsp3) is 0.0909. The summed E-state index contributed by atoms with van der Waals surface area (Å²) < 4.78 is 47.8. The molecule has 0 aliphatic rings. The molecule has 8 rings (SSSR count). The average molecular weight is 1130 g/mol. The van der Waals surface area contributed by atoms with E-state index < -0.39 is 27.0 Å². The molecule has 0 spiro atoms. The first-order valence-electron chi connectivity index (χ1n) is 23.4. The van der Waals surface area contributed by atoms with E-state index in [-0.39, 0.29) is 0 Å². The molecule has 2 N–H and O–H groups in total. The SMILES string of the molecule is CN(N)CCP(=NP(=S)(Oc1ccc(/C=N/N(C)P(=S)(Oc2ccccc2)Oc2ccccc2)cc1)Oc1ccc(/C=N/N(C)P(=S)(Oc2ccccc2)Oc2ccccc2)cc1)(c1ccccc1)c1ccccc1. The number of benzene rings is 8. The smallest absolute Gasteiger partial charge is 0.413 e. The van der Waals surface area contributed by atoms with Gasteiger partial charge in [-0.15, -0.1) is 0 Å².